The van der Waals surface area contributed by atoms with Crippen molar-refractivity contribution in [3.8, 4) is 0 Å². The molecule has 1 amide bonds. The van der Waals surface area contributed by atoms with Crippen molar-refractivity contribution < 1.29 is 4.79 Å². The molecule has 0 aliphatic heterocycles. The van der Waals surface area contributed by atoms with Crippen LogP contribution in [0.25, 0.3) is 0 Å². The number of amides is 1. The fourth-order valence-corrected chi connectivity index (χ4v) is 2.52. The maximum atomic E-state index is 12.1. The van der Waals surface area contributed by atoms with E-state index in [2.05, 4.69) is 42.9 Å². The number of rotatable bonds is 6. The molecule has 0 aromatic carbocycles. The van der Waals surface area contributed by atoms with Gasteiger partial charge in [-0.25, -0.2) is 4.98 Å². The van der Waals surface area contributed by atoms with Crippen molar-refractivity contribution in [2.24, 2.45) is 0 Å². The molecule has 0 saturated carbocycles. The molecule has 1 heterocycles. The smallest absolute Gasteiger partial charge is 0.251 e. The second-order valence-electron chi connectivity index (χ2n) is 5.50. The van der Waals surface area contributed by atoms with E-state index >= 15 is 0 Å². The normalized spacial score (nSPS) is 11.4. The topological polar surface area (TPSA) is 45.2 Å². The van der Waals surface area contributed by atoms with Gasteiger partial charge >= 0.3 is 0 Å². The summed E-state index contributed by atoms with van der Waals surface area (Å²) in [6, 6.07) is 4.25. The fraction of sp³-hybridized carbons (Fsp3) is 0.600. The van der Waals surface area contributed by atoms with Crippen LogP contribution in [0.4, 0.5) is 0 Å². The lowest BCUT2D eigenvalue weighted by molar-refractivity contribution is 0.0939. The van der Waals surface area contributed by atoms with Crippen molar-refractivity contribution >= 4 is 17.5 Å². The second kappa shape index (κ2) is 7.60. The molecular formula is C15H24ClN3O. The van der Waals surface area contributed by atoms with E-state index in [9.17, 15) is 4.79 Å². The lowest BCUT2D eigenvalue weighted by atomic mass is 10.2. The van der Waals surface area contributed by atoms with Crippen molar-refractivity contribution in [2.45, 2.75) is 46.7 Å². The molecule has 112 valence electrons. The maximum absolute atomic E-state index is 12.1. The molecular weight excluding hydrogens is 274 g/mol. The third kappa shape index (κ3) is 5.10. The molecule has 0 fully saturated rings. The first kappa shape index (κ1) is 16.9. The number of nitrogens with one attached hydrogen (secondary N) is 1. The minimum absolute atomic E-state index is 0.107. The van der Waals surface area contributed by atoms with Gasteiger partial charge in [0.15, 0.2) is 0 Å². The summed E-state index contributed by atoms with van der Waals surface area (Å²) in [5.41, 5.74) is 1.30. The summed E-state index contributed by atoms with van der Waals surface area (Å²) in [7, 11) is 0. The lowest BCUT2D eigenvalue weighted by Crippen LogP contribution is -2.42. The number of hydrogen-bond donors (Lipinski definition) is 1. The third-order valence-corrected chi connectivity index (χ3v) is 3.36. The summed E-state index contributed by atoms with van der Waals surface area (Å²) in [4.78, 5) is 18.4. The number of nitrogens with zero attached hydrogens (tertiary/aromatic N) is 2. The number of carbonyl (C=O) groups excluding carboxylic acids is 1. The zero-order chi connectivity index (χ0) is 15.3. The summed E-state index contributed by atoms with van der Waals surface area (Å²) in [6.07, 6.45) is 0. The van der Waals surface area contributed by atoms with Gasteiger partial charge < -0.3 is 5.32 Å². The monoisotopic (exact) mass is 297 g/mol. The zero-order valence-corrected chi connectivity index (χ0v) is 13.7. The number of halogens is 1. The van der Waals surface area contributed by atoms with E-state index in [1.54, 1.807) is 12.1 Å². The Morgan fingerprint density at radius 1 is 1.30 bits per heavy atom. The van der Waals surface area contributed by atoms with Gasteiger partial charge in [-0.2, -0.15) is 0 Å². The van der Waals surface area contributed by atoms with E-state index in [-0.39, 0.29) is 5.91 Å². The van der Waals surface area contributed by atoms with Crippen molar-refractivity contribution in [3.63, 3.8) is 0 Å². The van der Waals surface area contributed by atoms with Crippen LogP contribution in [0.5, 0.6) is 0 Å². The van der Waals surface area contributed by atoms with Gasteiger partial charge in [0.05, 0.1) is 0 Å². The van der Waals surface area contributed by atoms with E-state index in [0.717, 1.165) is 12.2 Å². The SMILES string of the molecule is Cc1cc(C(=O)NCCN(C(C)C)C(C)C)cc(Cl)n1. The maximum Gasteiger partial charge on any atom is 0.251 e. The number of aryl methyl sites for hydroxylation is 1. The highest BCUT2D eigenvalue weighted by molar-refractivity contribution is 6.29. The molecule has 5 heteroatoms. The van der Waals surface area contributed by atoms with Gasteiger partial charge in [0, 0.05) is 36.4 Å². The average Bonchev–Trinajstić information content (AvgIpc) is 2.32. The minimum atomic E-state index is -0.107. The largest absolute Gasteiger partial charge is 0.351 e. The van der Waals surface area contributed by atoms with E-state index in [1.807, 2.05) is 6.92 Å². The molecule has 0 aliphatic rings. The summed E-state index contributed by atoms with van der Waals surface area (Å²) in [6.45, 7) is 11.9. The van der Waals surface area contributed by atoms with E-state index in [1.165, 1.54) is 0 Å². The molecule has 0 unspecified atom stereocenters. The molecule has 0 spiro atoms. The predicted molar refractivity (Wildman–Crippen MR) is 83.3 cm³/mol. The highest BCUT2D eigenvalue weighted by Gasteiger charge is 2.13. The van der Waals surface area contributed by atoms with Gasteiger partial charge in [0.25, 0.3) is 5.91 Å². The summed E-state index contributed by atoms with van der Waals surface area (Å²) >= 11 is 5.86. The summed E-state index contributed by atoms with van der Waals surface area (Å²) in [5, 5.41) is 3.27. The first-order valence-corrected chi connectivity index (χ1v) is 7.37. The molecule has 1 aromatic heterocycles. The highest BCUT2D eigenvalue weighted by atomic mass is 35.5. The molecule has 20 heavy (non-hydrogen) atoms. The van der Waals surface area contributed by atoms with Crippen LogP contribution in [0.1, 0.15) is 43.7 Å². The lowest BCUT2D eigenvalue weighted by Gasteiger charge is -2.30. The first-order chi connectivity index (χ1) is 9.31. The Morgan fingerprint density at radius 2 is 1.90 bits per heavy atom. The van der Waals surface area contributed by atoms with Crippen LogP contribution < -0.4 is 5.32 Å². The molecule has 1 aromatic rings. The number of aromatic nitrogens is 1. The Balaban J connectivity index is 2.55. The van der Waals surface area contributed by atoms with E-state index in [0.29, 0.717) is 29.3 Å². The average molecular weight is 298 g/mol. The van der Waals surface area contributed by atoms with Crippen LogP contribution in [0.15, 0.2) is 12.1 Å². The number of hydrogen-bond acceptors (Lipinski definition) is 3. The second-order valence-corrected chi connectivity index (χ2v) is 5.89. The fourth-order valence-electron chi connectivity index (χ4n) is 2.27. The van der Waals surface area contributed by atoms with Crippen LogP contribution in [0.3, 0.4) is 0 Å². The Hall–Kier alpha value is -1.13. The standard InChI is InChI=1S/C15H24ClN3O/c1-10(2)19(11(3)4)7-6-17-15(20)13-8-12(5)18-14(16)9-13/h8-11H,6-7H2,1-5H3,(H,17,20). The van der Waals surface area contributed by atoms with Crippen LogP contribution in [-0.2, 0) is 0 Å². The number of pyridine rings is 1. The Kier molecular flexibility index (Phi) is 6.43. The van der Waals surface area contributed by atoms with E-state index in [4.69, 9.17) is 11.6 Å². The Morgan fingerprint density at radius 3 is 2.40 bits per heavy atom. The van der Waals surface area contributed by atoms with Crippen molar-refractivity contribution in [1.82, 2.24) is 15.2 Å². The van der Waals surface area contributed by atoms with Gasteiger partial charge in [0.1, 0.15) is 5.15 Å². The van der Waals surface area contributed by atoms with Gasteiger partial charge in [-0.3, -0.25) is 9.69 Å². The first-order valence-electron chi connectivity index (χ1n) is 6.99. The predicted octanol–water partition coefficient (Wildman–Crippen LogP) is 2.89. The number of carbonyl (C=O) groups is 1. The van der Waals surface area contributed by atoms with Crippen molar-refractivity contribution in [1.29, 1.82) is 0 Å². The van der Waals surface area contributed by atoms with Crippen LogP contribution in [0.2, 0.25) is 5.15 Å². The van der Waals surface area contributed by atoms with Crippen LogP contribution in [-0.4, -0.2) is 41.0 Å². The van der Waals surface area contributed by atoms with Gasteiger partial charge in [0.2, 0.25) is 0 Å². The van der Waals surface area contributed by atoms with Gasteiger partial charge in [-0.05, 0) is 46.8 Å². The molecule has 0 saturated heterocycles. The molecule has 0 radical (unpaired) electrons. The molecule has 1 rings (SSSR count). The molecule has 0 bridgehead atoms. The van der Waals surface area contributed by atoms with Gasteiger partial charge in [-0.15, -0.1) is 0 Å². The third-order valence-electron chi connectivity index (χ3n) is 3.17. The Labute approximate surface area is 126 Å². The van der Waals surface area contributed by atoms with E-state index < -0.39 is 0 Å². The van der Waals surface area contributed by atoms with Gasteiger partial charge in [-0.1, -0.05) is 11.6 Å². The highest BCUT2D eigenvalue weighted by Crippen LogP contribution is 2.10. The minimum Gasteiger partial charge on any atom is -0.351 e. The Bertz CT molecular complexity index is 432. The molecule has 4 nitrogen and oxygen atoms in total. The van der Waals surface area contributed by atoms with Crippen LogP contribution in [0, 0.1) is 6.92 Å². The van der Waals surface area contributed by atoms with Crippen LogP contribution >= 0.6 is 11.6 Å². The zero-order valence-electron chi connectivity index (χ0n) is 12.9. The molecule has 0 atom stereocenters. The quantitative estimate of drug-likeness (QED) is 0.821. The van der Waals surface area contributed by atoms with Crippen molar-refractivity contribution in [2.75, 3.05) is 13.1 Å². The summed E-state index contributed by atoms with van der Waals surface area (Å²) < 4.78 is 0. The molecule has 1 N–H and O–H groups in total. The van der Waals surface area contributed by atoms with Crippen molar-refractivity contribution in [3.05, 3.63) is 28.5 Å². The molecule has 0 aliphatic carbocycles. The summed E-state index contributed by atoms with van der Waals surface area (Å²) in [5.74, 6) is -0.107.